The molecule has 0 aliphatic heterocycles. The molecule has 1 aromatic heterocycles. The molecule has 0 N–H and O–H groups in total. The third-order valence-corrected chi connectivity index (χ3v) is 3.92. The minimum Gasteiger partial charge on any atom is -0.497 e. The Morgan fingerprint density at radius 1 is 0.960 bits per heavy atom. The Balaban J connectivity index is 2.34. The van der Waals surface area contributed by atoms with Crippen LogP contribution in [0.15, 0.2) is 42.6 Å². The van der Waals surface area contributed by atoms with Crippen LogP contribution < -0.4 is 14.2 Å². The van der Waals surface area contributed by atoms with Crippen molar-refractivity contribution in [2.75, 3.05) is 21.3 Å². The molecule has 0 aliphatic carbocycles. The predicted molar refractivity (Wildman–Crippen MR) is 93.5 cm³/mol. The fraction of sp³-hybridized carbons (Fsp3) is 0.167. The van der Waals surface area contributed by atoms with Crippen LogP contribution in [0.4, 0.5) is 5.69 Å². The van der Waals surface area contributed by atoms with E-state index in [1.54, 1.807) is 31.5 Å². The fourth-order valence-corrected chi connectivity index (χ4v) is 2.70. The zero-order valence-electron chi connectivity index (χ0n) is 14.0. The third-order valence-electron chi connectivity index (χ3n) is 3.92. The Hall–Kier alpha value is -3.35. The number of aromatic nitrogens is 1. The number of nitrogens with zero attached hydrogens (tertiary/aromatic N) is 2. The van der Waals surface area contributed by atoms with E-state index in [4.69, 9.17) is 14.2 Å². The van der Waals surface area contributed by atoms with E-state index in [1.165, 1.54) is 20.3 Å². The Labute approximate surface area is 143 Å². The summed E-state index contributed by atoms with van der Waals surface area (Å²) in [4.78, 5) is 15.4. The number of fused-ring (bicyclic) bond motifs is 1. The monoisotopic (exact) mass is 340 g/mol. The number of nitro benzene ring substituents is 1. The maximum Gasteiger partial charge on any atom is 0.279 e. The lowest BCUT2D eigenvalue weighted by Crippen LogP contribution is -1.96. The highest BCUT2D eigenvalue weighted by atomic mass is 16.6. The molecule has 0 saturated carbocycles. The van der Waals surface area contributed by atoms with Crippen LogP contribution in [0, 0.1) is 10.1 Å². The maximum atomic E-state index is 11.4. The topological polar surface area (TPSA) is 83.7 Å². The molecule has 0 aliphatic rings. The number of ether oxygens (including phenoxy) is 3. The Morgan fingerprint density at radius 2 is 1.68 bits per heavy atom. The van der Waals surface area contributed by atoms with Crippen molar-refractivity contribution in [3.63, 3.8) is 0 Å². The average molecular weight is 340 g/mol. The molecule has 2 aromatic carbocycles. The molecule has 0 unspecified atom stereocenters. The second-order valence-corrected chi connectivity index (χ2v) is 5.23. The number of rotatable bonds is 5. The van der Waals surface area contributed by atoms with Gasteiger partial charge in [0.2, 0.25) is 0 Å². The second-order valence-electron chi connectivity index (χ2n) is 5.23. The van der Waals surface area contributed by atoms with E-state index in [0.29, 0.717) is 28.5 Å². The smallest absolute Gasteiger partial charge is 0.279 e. The molecule has 0 radical (unpaired) electrons. The van der Waals surface area contributed by atoms with Gasteiger partial charge in [-0.25, -0.2) is 0 Å². The standard InChI is InChI=1S/C18H16N2O5/c1-23-12-4-5-15(20(21)22)14(9-12)18-13-10-17(25-3)16(24-2)8-11(13)6-7-19-18/h4-10H,1-3H3. The van der Waals surface area contributed by atoms with Crippen molar-refractivity contribution in [2.45, 2.75) is 0 Å². The van der Waals surface area contributed by atoms with Gasteiger partial charge < -0.3 is 14.2 Å². The first-order valence-electron chi connectivity index (χ1n) is 7.42. The molecule has 3 aromatic rings. The lowest BCUT2D eigenvalue weighted by Gasteiger charge is -2.12. The van der Waals surface area contributed by atoms with E-state index in [-0.39, 0.29) is 5.69 Å². The number of benzene rings is 2. The van der Waals surface area contributed by atoms with E-state index in [2.05, 4.69) is 4.98 Å². The quantitative estimate of drug-likeness (QED) is 0.518. The summed E-state index contributed by atoms with van der Waals surface area (Å²) in [6.45, 7) is 0. The van der Waals surface area contributed by atoms with Crippen molar-refractivity contribution in [3.05, 3.63) is 52.7 Å². The van der Waals surface area contributed by atoms with Crippen molar-refractivity contribution < 1.29 is 19.1 Å². The molecule has 0 spiro atoms. The lowest BCUT2D eigenvalue weighted by atomic mass is 10.0. The Morgan fingerprint density at radius 3 is 2.32 bits per heavy atom. The molecule has 7 heteroatoms. The number of hydrogen-bond donors (Lipinski definition) is 0. The maximum absolute atomic E-state index is 11.4. The van der Waals surface area contributed by atoms with Crippen LogP contribution in [0.2, 0.25) is 0 Å². The van der Waals surface area contributed by atoms with Gasteiger partial charge in [0.1, 0.15) is 5.75 Å². The largest absolute Gasteiger partial charge is 0.497 e. The number of pyridine rings is 1. The van der Waals surface area contributed by atoms with Crippen LogP contribution >= 0.6 is 0 Å². The van der Waals surface area contributed by atoms with Gasteiger partial charge in [-0.15, -0.1) is 0 Å². The van der Waals surface area contributed by atoms with Crippen LogP contribution in [0.3, 0.4) is 0 Å². The summed E-state index contributed by atoms with van der Waals surface area (Å²) in [7, 11) is 4.60. The Bertz CT molecular complexity index is 956. The van der Waals surface area contributed by atoms with E-state index in [9.17, 15) is 10.1 Å². The molecule has 0 amide bonds. The van der Waals surface area contributed by atoms with Gasteiger partial charge in [-0.1, -0.05) is 0 Å². The summed E-state index contributed by atoms with van der Waals surface area (Å²) < 4.78 is 15.9. The van der Waals surface area contributed by atoms with E-state index in [1.807, 2.05) is 12.1 Å². The van der Waals surface area contributed by atoms with Crippen LogP contribution in [-0.2, 0) is 0 Å². The molecule has 0 bridgehead atoms. The third kappa shape index (κ3) is 2.91. The molecular formula is C18H16N2O5. The first kappa shape index (κ1) is 16.5. The molecule has 1 heterocycles. The van der Waals surface area contributed by atoms with Gasteiger partial charge in [0.25, 0.3) is 5.69 Å². The highest BCUT2D eigenvalue weighted by Crippen LogP contribution is 2.39. The average Bonchev–Trinajstić information content (AvgIpc) is 2.65. The second kappa shape index (κ2) is 6.64. The van der Waals surface area contributed by atoms with Crippen LogP contribution in [0.1, 0.15) is 0 Å². The summed E-state index contributed by atoms with van der Waals surface area (Å²) in [5.74, 6) is 1.61. The van der Waals surface area contributed by atoms with E-state index < -0.39 is 4.92 Å². The van der Waals surface area contributed by atoms with E-state index >= 15 is 0 Å². The summed E-state index contributed by atoms with van der Waals surface area (Å²) in [5.41, 5.74) is 0.807. The van der Waals surface area contributed by atoms with Crippen molar-refractivity contribution >= 4 is 16.5 Å². The molecule has 0 atom stereocenters. The first-order valence-corrected chi connectivity index (χ1v) is 7.42. The SMILES string of the molecule is COc1ccc([N+](=O)[O-])c(-c2nccc3cc(OC)c(OC)cc23)c1. The van der Waals surface area contributed by atoms with Gasteiger partial charge in [-0.2, -0.15) is 0 Å². The van der Waals surface area contributed by atoms with Crippen LogP contribution in [0.5, 0.6) is 17.2 Å². The molecular weight excluding hydrogens is 324 g/mol. The fourth-order valence-electron chi connectivity index (χ4n) is 2.70. The molecule has 128 valence electrons. The highest BCUT2D eigenvalue weighted by Gasteiger charge is 2.20. The normalized spacial score (nSPS) is 10.5. The van der Waals surface area contributed by atoms with Crippen molar-refractivity contribution in [2.24, 2.45) is 0 Å². The minimum atomic E-state index is -0.434. The van der Waals surface area contributed by atoms with Crippen LogP contribution in [0.25, 0.3) is 22.0 Å². The van der Waals surface area contributed by atoms with Crippen molar-refractivity contribution in [1.82, 2.24) is 4.98 Å². The number of nitro groups is 1. The first-order chi connectivity index (χ1) is 12.1. The minimum absolute atomic E-state index is 0.0458. The summed E-state index contributed by atoms with van der Waals surface area (Å²) in [6.07, 6.45) is 1.60. The molecule has 25 heavy (non-hydrogen) atoms. The zero-order chi connectivity index (χ0) is 18.0. The summed E-state index contributed by atoms with van der Waals surface area (Å²) in [6, 6.07) is 9.96. The van der Waals surface area contributed by atoms with Gasteiger partial charge in [0.05, 0.1) is 37.5 Å². The van der Waals surface area contributed by atoms with Gasteiger partial charge in [0, 0.05) is 17.6 Å². The number of hydrogen-bond acceptors (Lipinski definition) is 6. The van der Waals surface area contributed by atoms with Crippen LogP contribution in [-0.4, -0.2) is 31.2 Å². The Kier molecular flexibility index (Phi) is 4.38. The molecule has 0 fully saturated rings. The summed E-state index contributed by atoms with van der Waals surface area (Å²) in [5, 5.41) is 13.0. The van der Waals surface area contributed by atoms with Crippen molar-refractivity contribution in [1.29, 1.82) is 0 Å². The number of methoxy groups -OCH3 is 3. The summed E-state index contributed by atoms with van der Waals surface area (Å²) >= 11 is 0. The predicted octanol–water partition coefficient (Wildman–Crippen LogP) is 3.84. The zero-order valence-corrected chi connectivity index (χ0v) is 14.0. The lowest BCUT2D eigenvalue weighted by molar-refractivity contribution is -0.384. The molecule has 3 rings (SSSR count). The van der Waals surface area contributed by atoms with Gasteiger partial charge >= 0.3 is 0 Å². The van der Waals surface area contributed by atoms with Gasteiger partial charge in [0.15, 0.2) is 11.5 Å². The van der Waals surface area contributed by atoms with E-state index in [0.717, 1.165) is 10.8 Å². The molecule has 7 nitrogen and oxygen atoms in total. The molecule has 0 saturated heterocycles. The van der Waals surface area contributed by atoms with Gasteiger partial charge in [-0.3, -0.25) is 15.1 Å². The highest BCUT2D eigenvalue weighted by molar-refractivity contribution is 5.98. The van der Waals surface area contributed by atoms with Gasteiger partial charge in [-0.05, 0) is 35.7 Å². The van der Waals surface area contributed by atoms with Crippen molar-refractivity contribution in [3.8, 4) is 28.5 Å².